The first-order valence-electron chi connectivity index (χ1n) is 4.95. The molecule has 76 valence electrons. The third kappa shape index (κ3) is 1.85. The molecule has 0 aliphatic carbocycles. The van der Waals surface area contributed by atoms with Crippen LogP contribution in [0.1, 0.15) is 12.1 Å². The zero-order valence-corrected chi connectivity index (χ0v) is 8.35. The first-order valence-corrected chi connectivity index (χ1v) is 4.95. The number of aromatic nitrogens is 2. The molecular formula is C10H15N3O. The number of hydrogen-bond donors (Lipinski definition) is 1. The van der Waals surface area contributed by atoms with Crippen LogP contribution in [0.3, 0.4) is 0 Å². The van der Waals surface area contributed by atoms with Crippen molar-refractivity contribution in [2.24, 2.45) is 5.92 Å². The summed E-state index contributed by atoms with van der Waals surface area (Å²) in [4.78, 5) is 2.17. The van der Waals surface area contributed by atoms with Crippen LogP contribution < -0.4 is 4.90 Å². The number of nitrogens with zero attached hydrogens (tertiary/aromatic N) is 3. The maximum Gasteiger partial charge on any atom is 0.151 e. The summed E-state index contributed by atoms with van der Waals surface area (Å²) in [5.41, 5.74) is 0.937. The van der Waals surface area contributed by atoms with Gasteiger partial charge in [-0.3, -0.25) is 0 Å². The van der Waals surface area contributed by atoms with E-state index in [1.165, 1.54) is 0 Å². The number of aliphatic hydroxyl groups is 1. The van der Waals surface area contributed by atoms with E-state index in [9.17, 15) is 0 Å². The van der Waals surface area contributed by atoms with Crippen LogP contribution in [0, 0.1) is 12.8 Å². The van der Waals surface area contributed by atoms with Gasteiger partial charge in [0, 0.05) is 25.6 Å². The van der Waals surface area contributed by atoms with Gasteiger partial charge in [-0.2, -0.15) is 5.10 Å². The molecule has 4 heteroatoms. The number of anilines is 1. The summed E-state index contributed by atoms with van der Waals surface area (Å²) >= 11 is 0. The molecule has 0 unspecified atom stereocenters. The van der Waals surface area contributed by atoms with E-state index in [0.717, 1.165) is 31.0 Å². The zero-order valence-electron chi connectivity index (χ0n) is 8.35. The van der Waals surface area contributed by atoms with Crippen molar-refractivity contribution in [2.45, 2.75) is 13.3 Å². The standard InChI is InChI=1S/C10H15N3O/c1-8-2-3-10(12-11-8)13-5-4-9(6-13)7-14/h2-3,9,14H,4-7H2,1H3/t9-/m1/s1. The Kier molecular flexibility index (Phi) is 2.63. The van der Waals surface area contributed by atoms with Crippen molar-refractivity contribution < 1.29 is 5.11 Å². The Balaban J connectivity index is 2.06. The van der Waals surface area contributed by atoms with Crippen LogP contribution in [0.4, 0.5) is 5.82 Å². The van der Waals surface area contributed by atoms with E-state index in [-0.39, 0.29) is 6.61 Å². The van der Waals surface area contributed by atoms with Gasteiger partial charge in [-0.1, -0.05) is 0 Å². The molecule has 2 rings (SSSR count). The van der Waals surface area contributed by atoms with Crippen LogP contribution in [0.15, 0.2) is 12.1 Å². The third-order valence-corrected chi connectivity index (χ3v) is 2.65. The van der Waals surface area contributed by atoms with Crippen LogP contribution in [-0.2, 0) is 0 Å². The maximum atomic E-state index is 9.01. The summed E-state index contributed by atoms with van der Waals surface area (Å²) in [7, 11) is 0. The minimum absolute atomic E-state index is 0.274. The molecule has 0 aromatic carbocycles. The van der Waals surface area contributed by atoms with Gasteiger partial charge in [0.15, 0.2) is 5.82 Å². The van der Waals surface area contributed by atoms with Crippen molar-refractivity contribution in [3.63, 3.8) is 0 Å². The van der Waals surface area contributed by atoms with E-state index in [4.69, 9.17) is 5.11 Å². The lowest BCUT2D eigenvalue weighted by molar-refractivity contribution is 0.238. The van der Waals surface area contributed by atoms with E-state index >= 15 is 0 Å². The fourth-order valence-corrected chi connectivity index (χ4v) is 1.75. The van der Waals surface area contributed by atoms with Crippen molar-refractivity contribution in [3.8, 4) is 0 Å². The molecule has 0 bridgehead atoms. The molecular weight excluding hydrogens is 178 g/mol. The van der Waals surface area contributed by atoms with Crippen LogP contribution >= 0.6 is 0 Å². The van der Waals surface area contributed by atoms with Crippen molar-refractivity contribution >= 4 is 5.82 Å². The Bertz CT molecular complexity index is 299. The minimum atomic E-state index is 0.274. The SMILES string of the molecule is Cc1ccc(N2CC[C@@H](CO)C2)nn1. The molecule has 1 aliphatic rings. The Labute approximate surface area is 83.6 Å². The second-order valence-corrected chi connectivity index (χ2v) is 3.82. The fourth-order valence-electron chi connectivity index (χ4n) is 1.75. The highest BCUT2D eigenvalue weighted by molar-refractivity contribution is 5.38. The monoisotopic (exact) mass is 193 g/mol. The fraction of sp³-hybridized carbons (Fsp3) is 0.600. The van der Waals surface area contributed by atoms with Gasteiger partial charge in [-0.25, -0.2) is 0 Å². The van der Waals surface area contributed by atoms with Crippen LogP contribution in [-0.4, -0.2) is 35.0 Å². The number of aryl methyl sites for hydroxylation is 1. The molecule has 1 saturated heterocycles. The van der Waals surface area contributed by atoms with E-state index in [1.54, 1.807) is 0 Å². The summed E-state index contributed by atoms with van der Waals surface area (Å²) in [6.45, 7) is 4.07. The van der Waals surface area contributed by atoms with Gasteiger partial charge in [-0.15, -0.1) is 5.10 Å². The lowest BCUT2D eigenvalue weighted by atomic mass is 10.1. The summed E-state index contributed by atoms with van der Waals surface area (Å²) in [6, 6.07) is 3.96. The van der Waals surface area contributed by atoms with Crippen molar-refractivity contribution in [1.29, 1.82) is 0 Å². The van der Waals surface area contributed by atoms with Crippen LogP contribution in [0.5, 0.6) is 0 Å². The second kappa shape index (κ2) is 3.92. The molecule has 0 amide bonds. The van der Waals surface area contributed by atoms with Gasteiger partial charge in [0.2, 0.25) is 0 Å². The van der Waals surface area contributed by atoms with E-state index in [2.05, 4.69) is 15.1 Å². The maximum absolute atomic E-state index is 9.01. The second-order valence-electron chi connectivity index (χ2n) is 3.82. The Hall–Kier alpha value is -1.16. The summed E-state index contributed by atoms with van der Waals surface area (Å²) in [5.74, 6) is 1.32. The van der Waals surface area contributed by atoms with E-state index < -0.39 is 0 Å². The first-order chi connectivity index (χ1) is 6.79. The molecule has 14 heavy (non-hydrogen) atoms. The summed E-state index contributed by atoms with van der Waals surface area (Å²) in [5, 5.41) is 17.2. The van der Waals surface area contributed by atoms with Gasteiger partial charge < -0.3 is 10.0 Å². The van der Waals surface area contributed by atoms with Crippen molar-refractivity contribution in [1.82, 2.24) is 10.2 Å². The normalized spacial score (nSPS) is 21.6. The lowest BCUT2D eigenvalue weighted by Gasteiger charge is -2.15. The molecule has 4 nitrogen and oxygen atoms in total. The Morgan fingerprint density at radius 1 is 1.50 bits per heavy atom. The number of rotatable bonds is 2. The molecule has 0 spiro atoms. The van der Waals surface area contributed by atoms with Gasteiger partial charge in [-0.05, 0) is 25.5 Å². The van der Waals surface area contributed by atoms with Crippen molar-refractivity contribution in [3.05, 3.63) is 17.8 Å². The first kappa shape index (κ1) is 9.40. The number of aliphatic hydroxyl groups excluding tert-OH is 1. The molecule has 1 aliphatic heterocycles. The molecule has 0 saturated carbocycles. The third-order valence-electron chi connectivity index (χ3n) is 2.65. The van der Waals surface area contributed by atoms with E-state index in [1.807, 2.05) is 19.1 Å². The highest BCUT2D eigenvalue weighted by atomic mass is 16.3. The largest absolute Gasteiger partial charge is 0.396 e. The van der Waals surface area contributed by atoms with E-state index in [0.29, 0.717) is 5.92 Å². The average molecular weight is 193 g/mol. The van der Waals surface area contributed by atoms with Gasteiger partial charge >= 0.3 is 0 Å². The van der Waals surface area contributed by atoms with Crippen molar-refractivity contribution in [2.75, 3.05) is 24.6 Å². The highest BCUT2D eigenvalue weighted by Crippen LogP contribution is 2.20. The van der Waals surface area contributed by atoms with Gasteiger partial charge in [0.05, 0.1) is 5.69 Å². The Morgan fingerprint density at radius 3 is 2.93 bits per heavy atom. The highest BCUT2D eigenvalue weighted by Gasteiger charge is 2.22. The van der Waals surface area contributed by atoms with Crippen LogP contribution in [0.2, 0.25) is 0 Å². The van der Waals surface area contributed by atoms with Crippen LogP contribution in [0.25, 0.3) is 0 Å². The minimum Gasteiger partial charge on any atom is -0.396 e. The van der Waals surface area contributed by atoms with Gasteiger partial charge in [0.1, 0.15) is 0 Å². The smallest absolute Gasteiger partial charge is 0.151 e. The molecule has 1 aromatic heterocycles. The zero-order chi connectivity index (χ0) is 9.97. The molecule has 1 aromatic rings. The predicted molar refractivity (Wildman–Crippen MR) is 54.2 cm³/mol. The molecule has 1 atom stereocenters. The number of hydrogen-bond acceptors (Lipinski definition) is 4. The predicted octanol–water partition coefficient (Wildman–Crippen LogP) is 0.604. The topological polar surface area (TPSA) is 49.2 Å². The summed E-state index contributed by atoms with van der Waals surface area (Å²) in [6.07, 6.45) is 1.05. The molecule has 1 N–H and O–H groups in total. The van der Waals surface area contributed by atoms with Gasteiger partial charge in [0.25, 0.3) is 0 Å². The summed E-state index contributed by atoms with van der Waals surface area (Å²) < 4.78 is 0. The lowest BCUT2D eigenvalue weighted by Crippen LogP contribution is -2.21. The molecule has 0 radical (unpaired) electrons. The molecule has 2 heterocycles. The Morgan fingerprint density at radius 2 is 2.36 bits per heavy atom. The molecule has 1 fully saturated rings. The average Bonchev–Trinajstić information content (AvgIpc) is 2.67. The quantitative estimate of drug-likeness (QED) is 0.747.